The first-order valence-electron chi connectivity index (χ1n) is 7.44. The topological polar surface area (TPSA) is 90.0 Å². The molecular weight excluding hydrogens is 274 g/mol. The molecule has 1 atom stereocenters. The molecular formula is C14H25N3O4. The highest BCUT2D eigenvalue weighted by atomic mass is 16.4. The Morgan fingerprint density at radius 3 is 2.33 bits per heavy atom. The Labute approximate surface area is 125 Å². The number of urea groups is 1. The molecule has 0 saturated carbocycles. The van der Waals surface area contributed by atoms with Gasteiger partial charge < -0.3 is 20.2 Å². The molecule has 1 rings (SSSR count). The number of amides is 3. The minimum atomic E-state index is -0.829. The first kappa shape index (κ1) is 17.3. The maximum absolute atomic E-state index is 11.8. The summed E-state index contributed by atoms with van der Waals surface area (Å²) in [7, 11) is 0. The van der Waals surface area contributed by atoms with Crippen LogP contribution < -0.4 is 5.32 Å². The number of aliphatic carboxylic acids is 1. The number of hydrogen-bond donors (Lipinski definition) is 2. The molecule has 1 unspecified atom stereocenters. The van der Waals surface area contributed by atoms with E-state index >= 15 is 0 Å². The quantitative estimate of drug-likeness (QED) is 0.720. The van der Waals surface area contributed by atoms with Gasteiger partial charge in [0, 0.05) is 45.1 Å². The van der Waals surface area contributed by atoms with E-state index in [0.29, 0.717) is 32.7 Å². The third kappa shape index (κ3) is 4.61. The Hall–Kier alpha value is -1.79. The largest absolute Gasteiger partial charge is 0.481 e. The van der Waals surface area contributed by atoms with E-state index in [0.717, 1.165) is 0 Å². The van der Waals surface area contributed by atoms with Gasteiger partial charge in [0.05, 0.1) is 5.92 Å². The maximum atomic E-state index is 11.8. The van der Waals surface area contributed by atoms with Crippen molar-refractivity contribution in [1.29, 1.82) is 0 Å². The number of nitrogens with zero attached hydrogens (tertiary/aromatic N) is 2. The number of carboxylic acids is 1. The standard InChI is InChI=1S/C14H25N3O4/c1-4-16(5-2)12(18)6-7-15-14(21)17-8-11(9-17)10(3)13(19)20/h10-11H,4-9H2,1-3H3,(H,15,21)(H,19,20). The highest BCUT2D eigenvalue weighted by Crippen LogP contribution is 2.23. The molecule has 7 heteroatoms. The third-order valence-corrected chi connectivity index (χ3v) is 4.02. The van der Waals surface area contributed by atoms with Gasteiger partial charge >= 0.3 is 12.0 Å². The van der Waals surface area contributed by atoms with Crippen LogP contribution in [0.4, 0.5) is 4.79 Å². The second-order valence-electron chi connectivity index (χ2n) is 5.34. The molecule has 0 aromatic rings. The fourth-order valence-electron chi connectivity index (χ4n) is 2.32. The highest BCUT2D eigenvalue weighted by Gasteiger charge is 2.37. The lowest BCUT2D eigenvalue weighted by Crippen LogP contribution is -2.56. The van der Waals surface area contributed by atoms with Crippen LogP contribution in [0.2, 0.25) is 0 Å². The van der Waals surface area contributed by atoms with Gasteiger partial charge in [0.25, 0.3) is 0 Å². The average Bonchev–Trinajstić information content (AvgIpc) is 2.38. The monoisotopic (exact) mass is 299 g/mol. The summed E-state index contributed by atoms with van der Waals surface area (Å²) in [6.07, 6.45) is 0.288. The molecule has 3 amide bonds. The van der Waals surface area contributed by atoms with Gasteiger partial charge in [-0.3, -0.25) is 9.59 Å². The third-order valence-electron chi connectivity index (χ3n) is 4.02. The van der Waals surface area contributed by atoms with E-state index in [1.165, 1.54) is 0 Å². The first-order valence-corrected chi connectivity index (χ1v) is 7.44. The van der Waals surface area contributed by atoms with E-state index < -0.39 is 11.9 Å². The van der Waals surface area contributed by atoms with Gasteiger partial charge in [0.15, 0.2) is 0 Å². The lowest BCUT2D eigenvalue weighted by molar-refractivity contribution is -0.144. The number of carbonyl (C=O) groups is 3. The number of carbonyl (C=O) groups excluding carboxylic acids is 2. The molecule has 0 radical (unpaired) electrons. The molecule has 21 heavy (non-hydrogen) atoms. The van der Waals surface area contributed by atoms with E-state index in [1.807, 2.05) is 13.8 Å². The average molecular weight is 299 g/mol. The van der Waals surface area contributed by atoms with E-state index in [4.69, 9.17) is 5.11 Å². The fraction of sp³-hybridized carbons (Fsp3) is 0.786. The number of carboxylic acid groups (broad SMARTS) is 1. The minimum absolute atomic E-state index is 0.0190. The summed E-state index contributed by atoms with van der Waals surface area (Å²) in [4.78, 5) is 37.7. The molecule has 0 aliphatic carbocycles. The lowest BCUT2D eigenvalue weighted by Gasteiger charge is -2.41. The summed E-state index contributed by atoms with van der Waals surface area (Å²) in [5, 5.41) is 11.6. The summed E-state index contributed by atoms with van der Waals surface area (Å²) < 4.78 is 0. The van der Waals surface area contributed by atoms with Crippen LogP contribution >= 0.6 is 0 Å². The predicted molar refractivity (Wildman–Crippen MR) is 77.8 cm³/mol. The highest BCUT2D eigenvalue weighted by molar-refractivity contribution is 5.79. The van der Waals surface area contributed by atoms with Crippen molar-refractivity contribution in [2.45, 2.75) is 27.2 Å². The van der Waals surface area contributed by atoms with Crippen LogP contribution in [0, 0.1) is 11.8 Å². The number of hydrogen-bond acceptors (Lipinski definition) is 3. The van der Waals surface area contributed by atoms with Crippen molar-refractivity contribution in [3.05, 3.63) is 0 Å². The van der Waals surface area contributed by atoms with Gasteiger partial charge in [-0.05, 0) is 13.8 Å². The SMILES string of the molecule is CCN(CC)C(=O)CCNC(=O)N1CC(C(C)C(=O)O)C1. The van der Waals surface area contributed by atoms with Gasteiger partial charge in [-0.25, -0.2) is 4.79 Å². The summed E-state index contributed by atoms with van der Waals surface area (Å²) in [5.74, 6) is -1.21. The summed E-state index contributed by atoms with van der Waals surface area (Å²) >= 11 is 0. The van der Waals surface area contributed by atoms with Crippen LogP contribution in [0.15, 0.2) is 0 Å². The normalized spacial score (nSPS) is 16.0. The van der Waals surface area contributed by atoms with Crippen LogP contribution in [-0.2, 0) is 9.59 Å². The number of rotatable bonds is 7. The van der Waals surface area contributed by atoms with Crippen molar-refractivity contribution in [1.82, 2.24) is 15.1 Å². The van der Waals surface area contributed by atoms with Crippen molar-refractivity contribution in [3.63, 3.8) is 0 Å². The zero-order chi connectivity index (χ0) is 16.0. The van der Waals surface area contributed by atoms with E-state index in [2.05, 4.69) is 5.32 Å². The van der Waals surface area contributed by atoms with E-state index in [9.17, 15) is 14.4 Å². The predicted octanol–water partition coefficient (Wildman–Crippen LogP) is 0.607. The molecule has 0 aromatic carbocycles. The number of likely N-dealkylation sites (tertiary alicyclic amines) is 1. The van der Waals surface area contributed by atoms with Gasteiger partial charge in [0.2, 0.25) is 5.91 Å². The van der Waals surface area contributed by atoms with Crippen LogP contribution in [0.3, 0.4) is 0 Å². The van der Waals surface area contributed by atoms with Gasteiger partial charge in [-0.2, -0.15) is 0 Å². The summed E-state index contributed by atoms with van der Waals surface area (Å²) in [6, 6.07) is -0.226. The lowest BCUT2D eigenvalue weighted by atomic mass is 9.87. The Balaban J connectivity index is 2.22. The van der Waals surface area contributed by atoms with Crippen molar-refractivity contribution < 1.29 is 19.5 Å². The summed E-state index contributed by atoms with van der Waals surface area (Å²) in [5.41, 5.74) is 0. The minimum Gasteiger partial charge on any atom is -0.481 e. The molecule has 0 bridgehead atoms. The van der Waals surface area contributed by atoms with Crippen molar-refractivity contribution in [2.75, 3.05) is 32.7 Å². The molecule has 0 aromatic heterocycles. The maximum Gasteiger partial charge on any atom is 0.317 e. The number of nitrogens with one attached hydrogen (secondary N) is 1. The molecule has 1 heterocycles. The van der Waals surface area contributed by atoms with Gasteiger partial charge in [0.1, 0.15) is 0 Å². The summed E-state index contributed by atoms with van der Waals surface area (Å²) in [6.45, 7) is 8.07. The van der Waals surface area contributed by atoms with Crippen molar-refractivity contribution in [2.24, 2.45) is 11.8 Å². The Bertz CT molecular complexity index is 390. The zero-order valence-corrected chi connectivity index (χ0v) is 13.0. The molecule has 120 valence electrons. The molecule has 1 aliphatic rings. The first-order chi connectivity index (χ1) is 9.90. The molecule has 7 nitrogen and oxygen atoms in total. The van der Waals surface area contributed by atoms with Crippen molar-refractivity contribution >= 4 is 17.9 Å². The van der Waals surface area contributed by atoms with Crippen LogP contribution in [0.25, 0.3) is 0 Å². The Morgan fingerprint density at radius 2 is 1.86 bits per heavy atom. The second kappa shape index (κ2) is 7.85. The molecule has 1 saturated heterocycles. The molecule has 0 spiro atoms. The molecule has 1 fully saturated rings. The van der Waals surface area contributed by atoms with E-state index in [-0.39, 0.29) is 24.3 Å². The Kier molecular flexibility index (Phi) is 6.45. The van der Waals surface area contributed by atoms with Crippen LogP contribution in [0.1, 0.15) is 27.2 Å². The second-order valence-corrected chi connectivity index (χ2v) is 5.34. The Morgan fingerprint density at radius 1 is 1.29 bits per heavy atom. The molecule has 2 N–H and O–H groups in total. The zero-order valence-electron chi connectivity index (χ0n) is 13.0. The smallest absolute Gasteiger partial charge is 0.317 e. The molecule has 1 aliphatic heterocycles. The van der Waals surface area contributed by atoms with Crippen LogP contribution in [0.5, 0.6) is 0 Å². The van der Waals surface area contributed by atoms with Gasteiger partial charge in [-0.1, -0.05) is 6.92 Å². The van der Waals surface area contributed by atoms with Crippen molar-refractivity contribution in [3.8, 4) is 0 Å². The van der Waals surface area contributed by atoms with E-state index in [1.54, 1.807) is 16.7 Å². The van der Waals surface area contributed by atoms with Crippen LogP contribution in [-0.4, -0.2) is 65.5 Å². The van der Waals surface area contributed by atoms with Gasteiger partial charge in [-0.15, -0.1) is 0 Å². The fourth-order valence-corrected chi connectivity index (χ4v) is 2.32.